The molecule has 1 N–H and O–H groups in total. The van der Waals surface area contributed by atoms with Crippen LogP contribution < -0.4 is 0 Å². The molecular weight excluding hydrogens is 332 g/mol. The van der Waals surface area contributed by atoms with Gasteiger partial charge in [0.05, 0.1) is 11.4 Å². The largest absolute Gasteiger partial charge is 0.481 e. The fourth-order valence-corrected chi connectivity index (χ4v) is 3.53. The predicted molar refractivity (Wildman–Crippen MR) is 85.0 cm³/mol. The Morgan fingerprint density at radius 1 is 1.43 bits per heavy atom. The van der Waals surface area contributed by atoms with Crippen LogP contribution in [0, 0.1) is 11.8 Å². The van der Waals surface area contributed by atoms with Gasteiger partial charge in [-0.2, -0.15) is 0 Å². The molecule has 0 amide bonds. The highest BCUT2D eigenvalue weighted by Crippen LogP contribution is 2.29. The Morgan fingerprint density at radius 2 is 2.24 bits per heavy atom. The van der Waals surface area contributed by atoms with Gasteiger partial charge in [-0.3, -0.25) is 14.7 Å². The van der Waals surface area contributed by atoms with Crippen molar-refractivity contribution in [3.63, 3.8) is 0 Å². The van der Waals surface area contributed by atoms with Crippen molar-refractivity contribution in [2.24, 2.45) is 11.8 Å². The van der Waals surface area contributed by atoms with Crippen LogP contribution in [-0.2, 0) is 11.3 Å². The Bertz CT molecular complexity index is 689. The summed E-state index contributed by atoms with van der Waals surface area (Å²) in [5, 5.41) is 10.3. The summed E-state index contributed by atoms with van der Waals surface area (Å²) >= 11 is 3.55. The normalized spacial score (nSPS) is 22.8. The Morgan fingerprint density at radius 3 is 2.95 bits per heavy atom. The number of nitrogens with zero attached hydrogens (tertiary/aromatic N) is 2. The maximum absolute atomic E-state index is 11.2. The summed E-state index contributed by atoms with van der Waals surface area (Å²) in [6.07, 6.45) is 1.80. The van der Waals surface area contributed by atoms with Crippen molar-refractivity contribution < 1.29 is 9.90 Å². The lowest BCUT2D eigenvalue weighted by molar-refractivity contribution is -0.142. The van der Waals surface area contributed by atoms with Crippen molar-refractivity contribution in [3.8, 4) is 0 Å². The van der Waals surface area contributed by atoms with E-state index in [2.05, 4.69) is 31.9 Å². The van der Waals surface area contributed by atoms with Gasteiger partial charge in [-0.1, -0.05) is 35.0 Å². The van der Waals surface area contributed by atoms with E-state index >= 15 is 0 Å². The maximum atomic E-state index is 11.2. The number of aliphatic carboxylic acids is 1. The van der Waals surface area contributed by atoms with Crippen LogP contribution >= 0.6 is 15.9 Å². The number of carboxylic acid groups (broad SMARTS) is 1. The van der Waals surface area contributed by atoms with Crippen LogP contribution in [0.5, 0.6) is 0 Å². The topological polar surface area (TPSA) is 53.4 Å². The number of halogens is 1. The van der Waals surface area contributed by atoms with Crippen LogP contribution in [0.2, 0.25) is 0 Å². The van der Waals surface area contributed by atoms with Crippen molar-refractivity contribution in [2.75, 3.05) is 13.1 Å². The van der Waals surface area contributed by atoms with Gasteiger partial charge >= 0.3 is 5.97 Å². The first-order valence-electron chi connectivity index (χ1n) is 7.03. The van der Waals surface area contributed by atoms with Gasteiger partial charge in [-0.25, -0.2) is 0 Å². The summed E-state index contributed by atoms with van der Waals surface area (Å²) in [5.41, 5.74) is 2.13. The lowest BCUT2D eigenvalue weighted by atomic mass is 9.99. The molecule has 0 radical (unpaired) electrons. The van der Waals surface area contributed by atoms with E-state index in [1.165, 1.54) is 0 Å². The van der Waals surface area contributed by atoms with Gasteiger partial charge in [0.2, 0.25) is 0 Å². The molecule has 0 spiro atoms. The summed E-state index contributed by atoms with van der Waals surface area (Å²) < 4.78 is 1.03. The lowest BCUT2D eigenvalue weighted by Gasteiger charge is -2.16. The zero-order chi connectivity index (χ0) is 15.0. The average molecular weight is 349 g/mol. The Labute approximate surface area is 131 Å². The zero-order valence-electron chi connectivity index (χ0n) is 11.8. The highest BCUT2D eigenvalue weighted by molar-refractivity contribution is 9.10. The van der Waals surface area contributed by atoms with Crippen LogP contribution in [0.1, 0.15) is 12.5 Å². The molecule has 0 aliphatic carbocycles. The van der Waals surface area contributed by atoms with Crippen LogP contribution in [0.3, 0.4) is 0 Å². The molecule has 3 rings (SSSR count). The predicted octanol–water partition coefficient (Wildman–Crippen LogP) is 3.15. The number of benzene rings is 1. The Hall–Kier alpha value is -1.46. The summed E-state index contributed by atoms with van der Waals surface area (Å²) in [5.74, 6) is -0.763. The second-order valence-electron chi connectivity index (χ2n) is 5.72. The van der Waals surface area contributed by atoms with Crippen molar-refractivity contribution >= 4 is 32.8 Å². The summed E-state index contributed by atoms with van der Waals surface area (Å²) in [6.45, 7) is 4.19. The van der Waals surface area contributed by atoms with Gasteiger partial charge in [-0.15, -0.1) is 0 Å². The minimum absolute atomic E-state index is 0.192. The SMILES string of the molecule is CC1CN(Cc2ccc(Br)c3cccnc23)CC1C(=O)O. The molecule has 2 unspecified atom stereocenters. The number of hydrogen-bond donors (Lipinski definition) is 1. The molecule has 1 saturated heterocycles. The number of aromatic nitrogens is 1. The smallest absolute Gasteiger partial charge is 0.308 e. The third-order valence-electron chi connectivity index (χ3n) is 4.20. The molecule has 1 fully saturated rings. The van der Waals surface area contributed by atoms with Crippen molar-refractivity contribution in [3.05, 3.63) is 40.5 Å². The first kappa shape index (κ1) is 14.5. The highest BCUT2D eigenvalue weighted by Gasteiger charge is 2.34. The molecule has 5 heteroatoms. The minimum Gasteiger partial charge on any atom is -0.481 e. The third kappa shape index (κ3) is 2.80. The fraction of sp³-hybridized carbons (Fsp3) is 0.375. The first-order chi connectivity index (χ1) is 10.1. The first-order valence-corrected chi connectivity index (χ1v) is 7.83. The van der Waals surface area contributed by atoms with Crippen molar-refractivity contribution in [1.82, 2.24) is 9.88 Å². The number of carboxylic acids is 1. The minimum atomic E-state index is -0.691. The second-order valence-corrected chi connectivity index (χ2v) is 6.58. The lowest BCUT2D eigenvalue weighted by Crippen LogP contribution is -2.23. The molecule has 2 heterocycles. The van der Waals surface area contributed by atoms with Gasteiger partial charge in [-0.05, 0) is 23.6 Å². The van der Waals surface area contributed by atoms with E-state index in [0.717, 1.165) is 34.0 Å². The molecule has 0 saturated carbocycles. The molecule has 1 aliphatic heterocycles. The number of carbonyl (C=O) groups is 1. The quantitative estimate of drug-likeness (QED) is 0.925. The summed E-state index contributed by atoms with van der Waals surface area (Å²) in [6, 6.07) is 8.07. The van der Waals surface area contributed by atoms with Crippen LogP contribution in [0.4, 0.5) is 0 Å². The van der Waals surface area contributed by atoms with Gasteiger partial charge < -0.3 is 5.11 Å². The number of hydrogen-bond acceptors (Lipinski definition) is 3. The van der Waals surface area contributed by atoms with E-state index in [0.29, 0.717) is 6.54 Å². The summed E-state index contributed by atoms with van der Waals surface area (Å²) in [4.78, 5) is 17.9. The number of pyridine rings is 1. The van der Waals surface area contributed by atoms with E-state index in [1.54, 1.807) is 6.20 Å². The van der Waals surface area contributed by atoms with Crippen LogP contribution in [-0.4, -0.2) is 34.0 Å². The van der Waals surface area contributed by atoms with E-state index < -0.39 is 5.97 Å². The average Bonchev–Trinajstić information content (AvgIpc) is 2.83. The standard InChI is InChI=1S/C16H17BrN2O2/c1-10-7-19(9-13(10)16(20)21)8-11-4-5-14(17)12-3-2-6-18-15(11)12/h2-6,10,13H,7-9H2,1H3,(H,20,21). The van der Waals surface area contributed by atoms with Crippen LogP contribution in [0.15, 0.2) is 34.9 Å². The molecular formula is C16H17BrN2O2. The fourth-order valence-electron chi connectivity index (χ4n) is 3.08. The van der Waals surface area contributed by atoms with E-state index in [-0.39, 0.29) is 11.8 Å². The molecule has 1 aliphatic rings. The maximum Gasteiger partial charge on any atom is 0.308 e. The van der Waals surface area contributed by atoms with E-state index in [1.807, 2.05) is 25.1 Å². The van der Waals surface area contributed by atoms with E-state index in [4.69, 9.17) is 0 Å². The third-order valence-corrected chi connectivity index (χ3v) is 4.89. The Balaban J connectivity index is 1.87. The second kappa shape index (κ2) is 5.73. The molecule has 1 aromatic heterocycles. The van der Waals surface area contributed by atoms with Gasteiger partial charge in [0.1, 0.15) is 0 Å². The molecule has 2 aromatic rings. The monoisotopic (exact) mass is 348 g/mol. The molecule has 2 atom stereocenters. The highest BCUT2D eigenvalue weighted by atomic mass is 79.9. The number of likely N-dealkylation sites (tertiary alicyclic amines) is 1. The van der Waals surface area contributed by atoms with E-state index in [9.17, 15) is 9.90 Å². The molecule has 1 aromatic carbocycles. The molecule has 21 heavy (non-hydrogen) atoms. The van der Waals surface area contributed by atoms with Gasteiger partial charge in [0.15, 0.2) is 0 Å². The number of fused-ring (bicyclic) bond motifs is 1. The number of rotatable bonds is 3. The summed E-state index contributed by atoms with van der Waals surface area (Å²) in [7, 11) is 0. The van der Waals surface area contributed by atoms with Crippen molar-refractivity contribution in [2.45, 2.75) is 13.5 Å². The van der Waals surface area contributed by atoms with Crippen LogP contribution in [0.25, 0.3) is 10.9 Å². The van der Waals surface area contributed by atoms with Crippen molar-refractivity contribution in [1.29, 1.82) is 0 Å². The molecule has 0 bridgehead atoms. The van der Waals surface area contributed by atoms with Gasteiger partial charge in [0, 0.05) is 35.7 Å². The molecule has 110 valence electrons. The molecule has 4 nitrogen and oxygen atoms in total. The van der Waals surface area contributed by atoms with Gasteiger partial charge in [0.25, 0.3) is 0 Å². The zero-order valence-corrected chi connectivity index (χ0v) is 13.4. The Kier molecular flexibility index (Phi) is 3.95.